The van der Waals surface area contributed by atoms with Crippen LogP contribution < -0.4 is 15.8 Å². The van der Waals surface area contributed by atoms with Crippen LogP contribution in [0.1, 0.15) is 36.0 Å². The Morgan fingerprint density at radius 1 is 1.42 bits per heavy atom. The van der Waals surface area contributed by atoms with Gasteiger partial charge in [-0.1, -0.05) is 18.0 Å². The van der Waals surface area contributed by atoms with Crippen molar-refractivity contribution in [2.24, 2.45) is 5.73 Å². The first-order valence-corrected chi connectivity index (χ1v) is 6.93. The maximum atomic E-state index is 11.1. The van der Waals surface area contributed by atoms with Gasteiger partial charge in [-0.3, -0.25) is 4.79 Å². The van der Waals surface area contributed by atoms with Crippen molar-refractivity contribution >= 4 is 17.5 Å². The van der Waals surface area contributed by atoms with E-state index in [1.807, 2.05) is 7.05 Å². The maximum Gasteiger partial charge on any atom is 0.250 e. The molecule has 0 radical (unpaired) electrons. The van der Waals surface area contributed by atoms with Crippen LogP contribution in [0.25, 0.3) is 0 Å². The molecule has 2 rings (SSSR count). The molecule has 1 amide bonds. The molecule has 19 heavy (non-hydrogen) atoms. The molecule has 1 saturated carbocycles. The summed E-state index contributed by atoms with van der Waals surface area (Å²) in [6, 6.07) is 5.37. The number of amides is 1. The number of nitrogens with one attached hydrogen (secondary N) is 1. The lowest BCUT2D eigenvalue weighted by atomic mass is 9.92. The second-order valence-electron chi connectivity index (χ2n) is 4.84. The molecule has 0 spiro atoms. The number of ether oxygens (including phenoxy) is 1. The first-order chi connectivity index (χ1) is 9.11. The highest BCUT2D eigenvalue weighted by Crippen LogP contribution is 2.27. The third-order valence-electron chi connectivity index (χ3n) is 3.57. The molecule has 104 valence electrons. The van der Waals surface area contributed by atoms with Crippen molar-refractivity contribution in [2.45, 2.75) is 37.8 Å². The molecule has 4 nitrogen and oxygen atoms in total. The third kappa shape index (κ3) is 3.39. The Labute approximate surface area is 118 Å². The Balaban J connectivity index is 2.10. The van der Waals surface area contributed by atoms with E-state index in [1.165, 1.54) is 12.8 Å². The zero-order chi connectivity index (χ0) is 13.8. The summed E-state index contributed by atoms with van der Waals surface area (Å²) in [6.07, 6.45) is 4.70. The van der Waals surface area contributed by atoms with Crippen LogP contribution in [0.5, 0.6) is 5.75 Å². The molecule has 1 aromatic carbocycles. The van der Waals surface area contributed by atoms with E-state index in [0.717, 1.165) is 12.8 Å². The van der Waals surface area contributed by atoms with Gasteiger partial charge in [0.25, 0.3) is 0 Å². The van der Waals surface area contributed by atoms with Gasteiger partial charge >= 0.3 is 0 Å². The maximum absolute atomic E-state index is 11.1. The van der Waals surface area contributed by atoms with Gasteiger partial charge in [0.2, 0.25) is 5.91 Å². The van der Waals surface area contributed by atoms with E-state index in [2.05, 4.69) is 5.32 Å². The van der Waals surface area contributed by atoms with Crippen LogP contribution in [0.2, 0.25) is 5.02 Å². The molecule has 0 heterocycles. The predicted molar refractivity (Wildman–Crippen MR) is 75.7 cm³/mol. The van der Waals surface area contributed by atoms with Crippen LogP contribution in [-0.4, -0.2) is 25.1 Å². The number of hydrogen-bond acceptors (Lipinski definition) is 3. The lowest BCUT2D eigenvalue weighted by Gasteiger charge is -2.31. The number of primary amides is 1. The van der Waals surface area contributed by atoms with Crippen molar-refractivity contribution < 1.29 is 9.53 Å². The Kier molecular flexibility index (Phi) is 4.66. The van der Waals surface area contributed by atoms with Gasteiger partial charge in [-0.2, -0.15) is 0 Å². The van der Waals surface area contributed by atoms with Gasteiger partial charge in [0.15, 0.2) is 0 Å². The summed E-state index contributed by atoms with van der Waals surface area (Å²) in [4.78, 5) is 11.1. The molecular weight excluding hydrogens is 264 g/mol. The van der Waals surface area contributed by atoms with Crippen molar-refractivity contribution in [3.8, 4) is 5.75 Å². The van der Waals surface area contributed by atoms with E-state index in [9.17, 15) is 4.79 Å². The summed E-state index contributed by atoms with van der Waals surface area (Å²) in [6.45, 7) is 0. The first-order valence-electron chi connectivity index (χ1n) is 6.55. The molecule has 1 aliphatic rings. The van der Waals surface area contributed by atoms with Gasteiger partial charge in [-0.25, -0.2) is 0 Å². The van der Waals surface area contributed by atoms with E-state index >= 15 is 0 Å². The number of nitrogens with two attached hydrogens (primary N) is 1. The molecule has 3 N–H and O–H groups in total. The molecule has 5 heteroatoms. The number of rotatable bonds is 4. The summed E-state index contributed by atoms with van der Waals surface area (Å²) in [5.74, 6) is 0.157. The normalized spacial score (nSPS) is 23.1. The second-order valence-corrected chi connectivity index (χ2v) is 5.25. The molecule has 1 fully saturated rings. The first kappa shape index (κ1) is 14.2. The molecule has 0 aliphatic heterocycles. The van der Waals surface area contributed by atoms with E-state index in [0.29, 0.717) is 22.4 Å². The van der Waals surface area contributed by atoms with Gasteiger partial charge in [0.1, 0.15) is 11.9 Å². The smallest absolute Gasteiger partial charge is 0.250 e. The minimum Gasteiger partial charge on any atom is -0.489 e. The minimum atomic E-state index is -0.526. The number of likely N-dealkylation sites (N-methyl/N-ethyl adjacent to an activating group) is 1. The second kappa shape index (κ2) is 6.26. The topological polar surface area (TPSA) is 64.3 Å². The largest absolute Gasteiger partial charge is 0.489 e. The van der Waals surface area contributed by atoms with Crippen molar-refractivity contribution in [1.29, 1.82) is 0 Å². The Morgan fingerprint density at radius 2 is 2.16 bits per heavy atom. The Hall–Kier alpha value is -1.26. The number of benzene rings is 1. The van der Waals surface area contributed by atoms with E-state index < -0.39 is 5.91 Å². The van der Waals surface area contributed by atoms with Crippen molar-refractivity contribution in [3.63, 3.8) is 0 Å². The number of hydrogen-bond donors (Lipinski definition) is 2. The summed E-state index contributed by atoms with van der Waals surface area (Å²) >= 11 is 6.02. The number of carbonyl (C=O) groups is 1. The molecular formula is C14H19ClN2O2. The van der Waals surface area contributed by atoms with Gasteiger partial charge in [0.05, 0.1) is 10.6 Å². The summed E-state index contributed by atoms with van der Waals surface area (Å²) < 4.78 is 5.98. The van der Waals surface area contributed by atoms with Crippen LogP contribution >= 0.6 is 11.6 Å². The fourth-order valence-electron chi connectivity index (χ4n) is 2.51. The average molecular weight is 283 g/mol. The highest BCUT2D eigenvalue weighted by Gasteiger charge is 2.25. The molecule has 0 saturated heterocycles. The number of halogens is 1. The number of carbonyl (C=O) groups excluding carboxylic acids is 1. The fourth-order valence-corrected chi connectivity index (χ4v) is 2.78. The predicted octanol–water partition coefficient (Wildman–Crippen LogP) is 2.35. The summed E-state index contributed by atoms with van der Waals surface area (Å²) in [5.41, 5.74) is 5.54. The molecule has 1 aliphatic carbocycles. The standard InChI is InChI=1S/C14H19ClN2O2/c1-17-12-4-2-3-5-13(12)19-9-6-7-10(14(16)18)11(15)8-9/h6-8,12-13,17H,2-5H2,1H3,(H2,16,18). The lowest BCUT2D eigenvalue weighted by Crippen LogP contribution is -2.43. The highest BCUT2D eigenvalue weighted by molar-refractivity contribution is 6.33. The van der Waals surface area contributed by atoms with Crippen molar-refractivity contribution in [1.82, 2.24) is 5.32 Å². The summed E-state index contributed by atoms with van der Waals surface area (Å²) in [7, 11) is 1.95. The molecule has 2 unspecified atom stereocenters. The van der Waals surface area contributed by atoms with Crippen LogP contribution in [-0.2, 0) is 0 Å². The van der Waals surface area contributed by atoms with Crippen LogP contribution in [0.15, 0.2) is 18.2 Å². The monoisotopic (exact) mass is 282 g/mol. The van der Waals surface area contributed by atoms with Gasteiger partial charge in [-0.15, -0.1) is 0 Å². The van der Waals surface area contributed by atoms with Crippen LogP contribution in [0.3, 0.4) is 0 Å². The third-order valence-corrected chi connectivity index (χ3v) is 3.88. The van der Waals surface area contributed by atoms with Crippen LogP contribution in [0, 0.1) is 0 Å². The van der Waals surface area contributed by atoms with Crippen molar-refractivity contribution in [3.05, 3.63) is 28.8 Å². The lowest BCUT2D eigenvalue weighted by molar-refractivity contribution is 0.1000. The van der Waals surface area contributed by atoms with Gasteiger partial charge in [-0.05, 0) is 44.5 Å². The van der Waals surface area contributed by atoms with Crippen molar-refractivity contribution in [2.75, 3.05) is 7.05 Å². The molecule has 0 bridgehead atoms. The average Bonchev–Trinajstić information content (AvgIpc) is 2.39. The zero-order valence-corrected chi connectivity index (χ0v) is 11.7. The zero-order valence-electron chi connectivity index (χ0n) is 11.0. The van der Waals surface area contributed by atoms with Gasteiger partial charge in [0, 0.05) is 6.04 Å². The van der Waals surface area contributed by atoms with E-state index in [4.69, 9.17) is 22.1 Å². The van der Waals surface area contributed by atoms with Gasteiger partial charge < -0.3 is 15.8 Å². The van der Waals surface area contributed by atoms with E-state index in [-0.39, 0.29) is 6.10 Å². The molecule has 2 atom stereocenters. The quantitative estimate of drug-likeness (QED) is 0.891. The molecule has 0 aromatic heterocycles. The highest BCUT2D eigenvalue weighted by atomic mass is 35.5. The Bertz CT molecular complexity index is 465. The SMILES string of the molecule is CNC1CCCCC1Oc1ccc(C(N)=O)c(Cl)c1. The van der Waals surface area contributed by atoms with Crippen LogP contribution in [0.4, 0.5) is 0 Å². The van der Waals surface area contributed by atoms with E-state index in [1.54, 1.807) is 18.2 Å². The Morgan fingerprint density at radius 3 is 2.79 bits per heavy atom. The minimum absolute atomic E-state index is 0.147. The molecule has 1 aromatic rings. The fraction of sp³-hybridized carbons (Fsp3) is 0.500. The summed E-state index contributed by atoms with van der Waals surface area (Å²) in [5, 5.41) is 3.62.